The minimum atomic E-state index is -1.29. The van der Waals surface area contributed by atoms with Crippen LogP contribution in [0.5, 0.6) is 5.75 Å². The average Bonchev–Trinajstić information content (AvgIpc) is 3.37. The van der Waals surface area contributed by atoms with Crippen molar-refractivity contribution in [2.75, 3.05) is 7.05 Å². The smallest absolute Gasteiger partial charge is 0.296 e. The Hall–Kier alpha value is -4.62. The summed E-state index contributed by atoms with van der Waals surface area (Å²) in [6.07, 6.45) is 3.69. The van der Waals surface area contributed by atoms with Crippen LogP contribution in [0, 0.1) is 18.7 Å². The van der Waals surface area contributed by atoms with Gasteiger partial charge in [0.25, 0.3) is 17.4 Å². The molecule has 4 heterocycles. The molecule has 222 valence electrons. The number of hydrogen-bond acceptors (Lipinski definition) is 8. The molecular formula is C28H33FN8O5. The number of halogens is 1. The van der Waals surface area contributed by atoms with Crippen LogP contribution in [0.4, 0.5) is 4.39 Å². The molecule has 0 unspecified atom stereocenters. The van der Waals surface area contributed by atoms with Crippen molar-refractivity contribution >= 4 is 17.7 Å². The van der Waals surface area contributed by atoms with E-state index in [2.05, 4.69) is 31.2 Å². The summed E-state index contributed by atoms with van der Waals surface area (Å²) in [5, 5.41) is 26.8. The second kappa shape index (κ2) is 10.7. The number of nitrogens with zero attached hydrogens (tertiary/aromatic N) is 5. The topological polar surface area (TPSA) is 173 Å². The standard InChI is InChI=1S/C28H33FN8O5/c1-15-11-17(5-6-18(15)29)12-31-23(40)20-21(38)24(41)36-13-16-7-9-28(10-8-16,25(36)32-20)33-26(42)27(2,3)37-14-19(34-35-37)22(39)30-4/h5-6,11,14,16,38H,7-10,12-13H2,1-4H3,(H,30,39)(H,31,40)(H,33,42). The zero-order chi connectivity index (χ0) is 30.4. The summed E-state index contributed by atoms with van der Waals surface area (Å²) < 4.78 is 16.3. The minimum Gasteiger partial charge on any atom is -0.501 e. The molecule has 0 spiro atoms. The lowest BCUT2D eigenvalue weighted by molar-refractivity contribution is -0.131. The summed E-state index contributed by atoms with van der Waals surface area (Å²) in [7, 11) is 1.46. The second-order valence-corrected chi connectivity index (χ2v) is 11.5. The van der Waals surface area contributed by atoms with Gasteiger partial charge in [-0.05, 0) is 69.6 Å². The van der Waals surface area contributed by atoms with Crippen LogP contribution in [0.15, 0.2) is 29.2 Å². The Kier molecular flexibility index (Phi) is 7.33. The Morgan fingerprint density at radius 3 is 2.57 bits per heavy atom. The van der Waals surface area contributed by atoms with Gasteiger partial charge in [-0.1, -0.05) is 17.3 Å². The normalized spacial score (nSPS) is 19.5. The highest BCUT2D eigenvalue weighted by Crippen LogP contribution is 2.43. The summed E-state index contributed by atoms with van der Waals surface area (Å²) in [5.41, 5.74) is -2.50. The Morgan fingerprint density at radius 1 is 1.19 bits per heavy atom. The van der Waals surface area contributed by atoms with Crippen LogP contribution in [0.2, 0.25) is 0 Å². The van der Waals surface area contributed by atoms with Crippen molar-refractivity contribution < 1.29 is 23.9 Å². The van der Waals surface area contributed by atoms with E-state index in [-0.39, 0.29) is 29.8 Å². The molecule has 13 nitrogen and oxygen atoms in total. The fourth-order valence-electron chi connectivity index (χ4n) is 5.58. The van der Waals surface area contributed by atoms with Crippen LogP contribution in [0.25, 0.3) is 0 Å². The first-order valence-corrected chi connectivity index (χ1v) is 13.7. The maximum Gasteiger partial charge on any atom is 0.296 e. The number of fused-ring (bicyclic) bond motifs is 2. The van der Waals surface area contributed by atoms with E-state index in [1.54, 1.807) is 26.8 Å². The number of amides is 3. The highest BCUT2D eigenvalue weighted by Gasteiger charge is 2.48. The summed E-state index contributed by atoms with van der Waals surface area (Å²) in [5.74, 6) is -2.50. The van der Waals surface area contributed by atoms with E-state index in [4.69, 9.17) is 0 Å². The second-order valence-electron chi connectivity index (χ2n) is 11.5. The van der Waals surface area contributed by atoms with Crippen molar-refractivity contribution in [3.05, 3.63) is 68.9 Å². The van der Waals surface area contributed by atoms with Crippen LogP contribution in [-0.4, -0.2) is 54.4 Å². The maximum atomic E-state index is 13.8. The van der Waals surface area contributed by atoms with Crippen molar-refractivity contribution in [1.29, 1.82) is 0 Å². The molecule has 0 saturated heterocycles. The van der Waals surface area contributed by atoms with Gasteiger partial charge in [-0.3, -0.25) is 23.7 Å². The third-order valence-corrected chi connectivity index (χ3v) is 8.30. The number of benzene rings is 1. The lowest BCUT2D eigenvalue weighted by Crippen LogP contribution is -2.55. The lowest BCUT2D eigenvalue weighted by atomic mass is 9.77. The highest BCUT2D eigenvalue weighted by atomic mass is 19.1. The van der Waals surface area contributed by atoms with Crippen molar-refractivity contribution in [3.8, 4) is 5.75 Å². The third-order valence-electron chi connectivity index (χ3n) is 8.30. The molecule has 6 rings (SSSR count). The van der Waals surface area contributed by atoms with Gasteiger partial charge in [-0.15, -0.1) is 5.10 Å². The van der Waals surface area contributed by atoms with Gasteiger partial charge in [0, 0.05) is 20.1 Å². The van der Waals surface area contributed by atoms with Gasteiger partial charge in [0.05, 0.1) is 11.7 Å². The van der Waals surface area contributed by atoms with Gasteiger partial charge in [0.15, 0.2) is 11.4 Å². The Balaban J connectivity index is 1.47. The fraction of sp³-hybridized carbons (Fsp3) is 0.464. The molecule has 1 saturated carbocycles. The van der Waals surface area contributed by atoms with Gasteiger partial charge >= 0.3 is 0 Å². The van der Waals surface area contributed by atoms with Gasteiger partial charge in [-0.25, -0.2) is 14.1 Å². The molecule has 1 aliphatic carbocycles. The molecule has 1 aromatic carbocycles. The number of hydrogen-bond donors (Lipinski definition) is 4. The predicted molar refractivity (Wildman–Crippen MR) is 147 cm³/mol. The Morgan fingerprint density at radius 2 is 1.90 bits per heavy atom. The summed E-state index contributed by atoms with van der Waals surface area (Å²) in [4.78, 5) is 56.9. The molecule has 14 heteroatoms. The molecule has 3 amide bonds. The molecule has 0 atom stereocenters. The molecule has 2 aromatic heterocycles. The third kappa shape index (κ3) is 5.01. The van der Waals surface area contributed by atoms with Crippen LogP contribution >= 0.6 is 0 Å². The van der Waals surface area contributed by atoms with E-state index in [0.717, 1.165) is 0 Å². The number of carbonyl (C=O) groups excluding carboxylic acids is 3. The molecule has 3 aliphatic rings. The maximum absolute atomic E-state index is 13.8. The molecule has 3 aromatic rings. The van der Waals surface area contributed by atoms with Crippen LogP contribution in [-0.2, 0) is 29.0 Å². The zero-order valence-corrected chi connectivity index (χ0v) is 23.8. The number of rotatable bonds is 7. The van der Waals surface area contributed by atoms with E-state index in [0.29, 0.717) is 43.4 Å². The molecule has 2 aliphatic heterocycles. The van der Waals surface area contributed by atoms with E-state index >= 15 is 0 Å². The summed E-state index contributed by atoms with van der Waals surface area (Å²) in [6, 6.07) is 4.41. The molecular weight excluding hydrogens is 547 g/mol. The van der Waals surface area contributed by atoms with Crippen LogP contribution in [0.3, 0.4) is 0 Å². The molecule has 1 fully saturated rings. The summed E-state index contributed by atoms with van der Waals surface area (Å²) >= 11 is 0. The predicted octanol–water partition coefficient (Wildman–Crippen LogP) is 1.23. The first-order chi connectivity index (χ1) is 19.9. The van der Waals surface area contributed by atoms with E-state index < -0.39 is 45.8 Å². The lowest BCUT2D eigenvalue weighted by Gasteiger charge is -2.39. The first kappa shape index (κ1) is 28.9. The van der Waals surface area contributed by atoms with Crippen molar-refractivity contribution in [2.45, 2.75) is 70.6 Å². The molecule has 4 N–H and O–H groups in total. The van der Waals surface area contributed by atoms with Crippen molar-refractivity contribution in [2.24, 2.45) is 5.92 Å². The average molecular weight is 581 g/mol. The quantitative estimate of drug-likeness (QED) is 0.323. The van der Waals surface area contributed by atoms with Gasteiger partial charge in [0.2, 0.25) is 11.7 Å². The molecule has 42 heavy (non-hydrogen) atoms. The number of aromatic nitrogens is 5. The number of carbonyl (C=O) groups is 3. The van der Waals surface area contributed by atoms with E-state index in [9.17, 15) is 28.7 Å². The van der Waals surface area contributed by atoms with Gasteiger partial charge < -0.3 is 21.1 Å². The van der Waals surface area contributed by atoms with Crippen molar-refractivity contribution in [1.82, 2.24) is 40.5 Å². The zero-order valence-electron chi connectivity index (χ0n) is 23.8. The number of aromatic hydroxyl groups is 1. The highest BCUT2D eigenvalue weighted by molar-refractivity contribution is 5.94. The molecule has 0 radical (unpaired) electrons. The fourth-order valence-corrected chi connectivity index (χ4v) is 5.58. The van der Waals surface area contributed by atoms with Gasteiger partial charge in [-0.2, -0.15) is 0 Å². The first-order valence-electron chi connectivity index (χ1n) is 13.7. The molecule has 2 bridgehead atoms. The van der Waals surface area contributed by atoms with E-state index in [1.807, 2.05) is 0 Å². The Labute approximate surface area is 240 Å². The van der Waals surface area contributed by atoms with E-state index in [1.165, 1.54) is 34.6 Å². The van der Waals surface area contributed by atoms with Gasteiger partial charge in [0.1, 0.15) is 17.2 Å². The van der Waals surface area contributed by atoms with Crippen molar-refractivity contribution in [3.63, 3.8) is 0 Å². The number of nitrogens with one attached hydrogen (secondary N) is 3. The van der Waals surface area contributed by atoms with Crippen LogP contribution < -0.4 is 21.5 Å². The largest absolute Gasteiger partial charge is 0.501 e. The monoisotopic (exact) mass is 580 g/mol. The van der Waals surface area contributed by atoms with Crippen LogP contribution in [0.1, 0.15) is 77.5 Å². The number of aryl methyl sites for hydroxylation is 1. The minimum absolute atomic E-state index is 0.0214. The summed E-state index contributed by atoms with van der Waals surface area (Å²) in [6.45, 7) is 5.17. The SMILES string of the molecule is CNC(=O)c1cn(C(C)(C)C(=O)NC23CCC(CC2)Cn2c3nc(C(=O)NCc3ccc(F)c(C)c3)c(O)c2=O)nn1. The Bertz CT molecular complexity index is 1640.